The van der Waals surface area contributed by atoms with Gasteiger partial charge in [0.2, 0.25) is 0 Å². The highest BCUT2D eigenvalue weighted by Crippen LogP contribution is 2.68. The minimum Gasteiger partial charge on any atom is -0.286 e. The van der Waals surface area contributed by atoms with Gasteiger partial charge in [0.1, 0.15) is 11.1 Å². The van der Waals surface area contributed by atoms with E-state index in [1.165, 1.54) is 74.6 Å². The van der Waals surface area contributed by atoms with E-state index >= 15 is 0 Å². The standard InChI is InChI=1S/C34H48N2S3/c1-20(2)8-7-9-21(3)27-12-13-28-24-11-10-23-16-25-26(18-35)31(36-22(4)19-38-32(36)37)39-30(25)17-34(23,6)29(24)14-15-33(27,28)5/h19-21,23-24,27-29H,7-17H2,1-6H3/t21-,23+,24+,27-,28+,29+,33-,34+/m1/s1. The molecule has 0 saturated heterocycles. The van der Waals surface area contributed by atoms with Crippen molar-refractivity contribution in [2.75, 3.05) is 0 Å². The van der Waals surface area contributed by atoms with E-state index in [1.807, 2.05) is 11.3 Å². The van der Waals surface area contributed by atoms with E-state index in [9.17, 15) is 5.26 Å². The molecule has 0 unspecified atom stereocenters. The Balaban J connectivity index is 1.26. The minimum atomic E-state index is 0.373. The Bertz CT molecular complexity index is 1320. The third-order valence-corrected chi connectivity index (χ3v) is 15.0. The van der Waals surface area contributed by atoms with E-state index in [0.717, 1.165) is 62.1 Å². The Kier molecular flexibility index (Phi) is 7.51. The Morgan fingerprint density at radius 2 is 1.85 bits per heavy atom. The molecular formula is C34H48N2S3. The number of aryl methyl sites for hydroxylation is 1. The molecule has 0 spiro atoms. The highest BCUT2D eigenvalue weighted by Gasteiger charge is 2.60. The average molecular weight is 581 g/mol. The molecule has 0 amide bonds. The molecule has 8 atom stereocenters. The van der Waals surface area contributed by atoms with Crippen molar-refractivity contribution < 1.29 is 0 Å². The molecule has 212 valence electrons. The van der Waals surface area contributed by atoms with Crippen molar-refractivity contribution in [3.63, 3.8) is 0 Å². The van der Waals surface area contributed by atoms with Gasteiger partial charge >= 0.3 is 0 Å². The van der Waals surface area contributed by atoms with Gasteiger partial charge < -0.3 is 0 Å². The van der Waals surface area contributed by atoms with Crippen LogP contribution in [0, 0.1) is 74.5 Å². The average Bonchev–Trinajstić information content (AvgIpc) is 3.53. The highest BCUT2D eigenvalue weighted by molar-refractivity contribution is 7.73. The first-order valence-corrected chi connectivity index (χ1v) is 17.9. The molecule has 3 saturated carbocycles. The van der Waals surface area contributed by atoms with Crippen LogP contribution in [0.2, 0.25) is 0 Å². The minimum absolute atomic E-state index is 0.373. The second kappa shape index (κ2) is 10.4. The zero-order chi connectivity index (χ0) is 27.7. The molecule has 2 heterocycles. The molecule has 2 aromatic heterocycles. The molecule has 0 radical (unpaired) electrons. The Morgan fingerprint density at radius 3 is 2.54 bits per heavy atom. The quantitative estimate of drug-likeness (QED) is 0.318. The lowest BCUT2D eigenvalue weighted by Crippen LogP contribution is -2.54. The van der Waals surface area contributed by atoms with Gasteiger partial charge in [-0.05, 0) is 128 Å². The van der Waals surface area contributed by atoms with E-state index in [4.69, 9.17) is 12.2 Å². The summed E-state index contributed by atoms with van der Waals surface area (Å²) >= 11 is 9.19. The van der Waals surface area contributed by atoms with Crippen molar-refractivity contribution in [1.82, 2.24) is 4.57 Å². The number of nitriles is 1. The molecule has 5 heteroatoms. The lowest BCUT2D eigenvalue weighted by molar-refractivity contribution is -0.103. The molecule has 39 heavy (non-hydrogen) atoms. The highest BCUT2D eigenvalue weighted by atomic mass is 32.1. The summed E-state index contributed by atoms with van der Waals surface area (Å²) in [6, 6.07) is 2.63. The number of thiophene rings is 1. The number of nitrogens with zero attached hydrogens (tertiary/aromatic N) is 2. The predicted molar refractivity (Wildman–Crippen MR) is 168 cm³/mol. The van der Waals surface area contributed by atoms with Crippen LogP contribution in [0.1, 0.15) is 114 Å². The Hall–Kier alpha value is -0.960. The van der Waals surface area contributed by atoms with Crippen LogP contribution in [0.3, 0.4) is 0 Å². The summed E-state index contributed by atoms with van der Waals surface area (Å²) in [4.78, 5) is 1.49. The first kappa shape index (κ1) is 28.2. The number of aromatic nitrogens is 1. The molecule has 3 fully saturated rings. The molecule has 0 aliphatic heterocycles. The van der Waals surface area contributed by atoms with Crippen LogP contribution in [0.4, 0.5) is 0 Å². The van der Waals surface area contributed by atoms with Gasteiger partial charge in [0.15, 0.2) is 3.95 Å². The van der Waals surface area contributed by atoms with Crippen LogP contribution < -0.4 is 0 Å². The van der Waals surface area contributed by atoms with E-state index in [2.05, 4.69) is 57.6 Å². The van der Waals surface area contributed by atoms with Gasteiger partial charge in [-0.25, -0.2) is 0 Å². The van der Waals surface area contributed by atoms with Crippen LogP contribution >= 0.6 is 34.9 Å². The van der Waals surface area contributed by atoms with Gasteiger partial charge in [-0.3, -0.25) is 4.57 Å². The van der Waals surface area contributed by atoms with Gasteiger partial charge in [-0.1, -0.05) is 53.9 Å². The van der Waals surface area contributed by atoms with E-state index in [1.54, 1.807) is 11.3 Å². The smallest absolute Gasteiger partial charge is 0.166 e. The van der Waals surface area contributed by atoms with Gasteiger partial charge in [0, 0.05) is 16.0 Å². The number of fused-ring (bicyclic) bond motifs is 6. The molecule has 2 nitrogen and oxygen atoms in total. The number of thiazole rings is 1. The van der Waals surface area contributed by atoms with Gasteiger partial charge in [0.25, 0.3) is 0 Å². The molecule has 0 N–H and O–H groups in total. The van der Waals surface area contributed by atoms with Crippen molar-refractivity contribution in [3.8, 4) is 11.1 Å². The van der Waals surface area contributed by atoms with E-state index in [0.29, 0.717) is 16.7 Å². The molecule has 4 aliphatic rings. The zero-order valence-electron chi connectivity index (χ0n) is 25.0. The summed E-state index contributed by atoms with van der Waals surface area (Å²) in [6.07, 6.45) is 15.1. The SMILES string of the molecule is Cc1csc(=S)n1-c1sc2c(c1C#N)C[C@@H]1CC[C@@H]3[C@H](CC[C@]4(C)[C@@H]([C@H](C)CCCC(C)C)CC[C@@H]34)[C@@]1(C)C2. The molecule has 6 rings (SSSR count). The lowest BCUT2D eigenvalue weighted by Gasteiger charge is -2.60. The summed E-state index contributed by atoms with van der Waals surface area (Å²) in [7, 11) is 0. The third kappa shape index (κ3) is 4.45. The summed E-state index contributed by atoms with van der Waals surface area (Å²) < 4.78 is 3.04. The summed E-state index contributed by atoms with van der Waals surface area (Å²) in [5.74, 6) is 6.03. The van der Waals surface area contributed by atoms with Gasteiger partial charge in [-0.2, -0.15) is 5.26 Å². The molecule has 4 aliphatic carbocycles. The van der Waals surface area contributed by atoms with Gasteiger partial charge in [-0.15, -0.1) is 22.7 Å². The fourth-order valence-corrected chi connectivity index (χ4v) is 13.3. The molecule has 0 bridgehead atoms. The zero-order valence-corrected chi connectivity index (χ0v) is 27.5. The van der Waals surface area contributed by atoms with Crippen molar-refractivity contribution in [2.45, 2.75) is 112 Å². The molecular weight excluding hydrogens is 533 g/mol. The summed E-state index contributed by atoms with van der Waals surface area (Å²) in [5.41, 5.74) is 4.36. The lowest BCUT2D eigenvalue weighted by atomic mass is 9.44. The van der Waals surface area contributed by atoms with Crippen LogP contribution in [0.25, 0.3) is 5.00 Å². The number of rotatable bonds is 6. The van der Waals surface area contributed by atoms with Crippen LogP contribution in [0.5, 0.6) is 0 Å². The summed E-state index contributed by atoms with van der Waals surface area (Å²) in [5, 5.41) is 13.5. The second-order valence-electron chi connectivity index (χ2n) is 14.8. The fraction of sp³-hybridized carbons (Fsp3) is 0.765. The first-order valence-electron chi connectivity index (χ1n) is 15.8. The van der Waals surface area contributed by atoms with Gasteiger partial charge in [0.05, 0.1) is 5.56 Å². The molecule has 0 aromatic carbocycles. The van der Waals surface area contributed by atoms with Crippen molar-refractivity contribution in [3.05, 3.63) is 31.0 Å². The number of hydrogen-bond donors (Lipinski definition) is 0. The molecule has 2 aromatic rings. The van der Waals surface area contributed by atoms with Crippen molar-refractivity contribution in [2.24, 2.45) is 52.3 Å². The van der Waals surface area contributed by atoms with Crippen LogP contribution in [-0.4, -0.2) is 4.57 Å². The monoisotopic (exact) mass is 580 g/mol. The van der Waals surface area contributed by atoms with Crippen LogP contribution in [0.15, 0.2) is 5.38 Å². The summed E-state index contributed by atoms with van der Waals surface area (Å²) in [6.45, 7) is 14.8. The van der Waals surface area contributed by atoms with E-state index in [-0.39, 0.29) is 0 Å². The fourth-order valence-electron chi connectivity index (χ4n) is 10.5. The first-order chi connectivity index (χ1) is 18.6. The van der Waals surface area contributed by atoms with Crippen LogP contribution in [-0.2, 0) is 12.8 Å². The second-order valence-corrected chi connectivity index (χ2v) is 17.4. The topological polar surface area (TPSA) is 28.7 Å². The van der Waals surface area contributed by atoms with E-state index < -0.39 is 0 Å². The normalized spacial score (nSPS) is 36.1. The maximum Gasteiger partial charge on any atom is 0.166 e. The van der Waals surface area contributed by atoms with Crippen molar-refractivity contribution in [1.29, 1.82) is 5.26 Å². The predicted octanol–water partition coefficient (Wildman–Crippen LogP) is 10.5. The largest absolute Gasteiger partial charge is 0.286 e. The van der Waals surface area contributed by atoms with Crippen molar-refractivity contribution >= 4 is 34.9 Å². The number of hydrogen-bond acceptors (Lipinski definition) is 4. The Morgan fingerprint density at radius 1 is 1.08 bits per heavy atom. The Labute approximate surface area is 250 Å². The maximum atomic E-state index is 10.3. The third-order valence-electron chi connectivity index (χ3n) is 12.5. The maximum absolute atomic E-state index is 10.3.